The van der Waals surface area contributed by atoms with Gasteiger partial charge < -0.3 is 0 Å². The van der Waals surface area contributed by atoms with Crippen LogP contribution < -0.4 is 4.57 Å². The van der Waals surface area contributed by atoms with Gasteiger partial charge in [0, 0.05) is 40.3 Å². The molecule has 0 radical (unpaired) electrons. The van der Waals surface area contributed by atoms with Crippen LogP contribution in [0.4, 0.5) is 0 Å². The van der Waals surface area contributed by atoms with Crippen molar-refractivity contribution in [3.63, 3.8) is 0 Å². The van der Waals surface area contributed by atoms with E-state index in [9.17, 15) is 0 Å². The summed E-state index contributed by atoms with van der Waals surface area (Å²) >= 11 is 0. The first-order valence-electron chi connectivity index (χ1n) is 9.47. The SMILES string of the molecule is Cc1cc2c(cc1-c1ccc3ccccc3[n+]1C)C(C)(C)c1ncccc1-2. The fourth-order valence-corrected chi connectivity index (χ4v) is 4.59. The standard InChI is InChI=1S/C25H23N2/c1-16-14-20-18-9-7-13-26-24(18)25(2,3)21(20)15-19(16)23-12-11-17-8-5-6-10-22(17)27(23)4/h5-15H,1-4H3/q+1. The van der Waals surface area contributed by atoms with Gasteiger partial charge in [-0.3, -0.25) is 4.98 Å². The molecule has 2 aromatic heterocycles. The summed E-state index contributed by atoms with van der Waals surface area (Å²) < 4.78 is 2.30. The Labute approximate surface area is 160 Å². The summed E-state index contributed by atoms with van der Waals surface area (Å²) in [6.45, 7) is 6.78. The van der Waals surface area contributed by atoms with Gasteiger partial charge in [0.15, 0.2) is 0 Å². The van der Waals surface area contributed by atoms with Gasteiger partial charge in [-0.2, -0.15) is 4.57 Å². The fraction of sp³-hybridized carbons (Fsp3) is 0.200. The second-order valence-corrected chi connectivity index (χ2v) is 8.07. The van der Waals surface area contributed by atoms with E-state index in [2.05, 4.69) is 87.0 Å². The van der Waals surface area contributed by atoms with Gasteiger partial charge in [-0.05, 0) is 47.9 Å². The molecule has 0 bridgehead atoms. The van der Waals surface area contributed by atoms with Crippen molar-refractivity contribution >= 4 is 10.9 Å². The van der Waals surface area contributed by atoms with E-state index in [0.717, 1.165) is 0 Å². The zero-order valence-corrected chi connectivity index (χ0v) is 16.2. The lowest BCUT2D eigenvalue weighted by Gasteiger charge is -2.21. The van der Waals surface area contributed by atoms with Crippen LogP contribution in [0.2, 0.25) is 0 Å². The minimum Gasteiger partial charge on any atom is -0.260 e. The molecule has 0 unspecified atom stereocenters. The van der Waals surface area contributed by atoms with Crippen molar-refractivity contribution in [3.05, 3.63) is 83.7 Å². The Morgan fingerprint density at radius 2 is 1.67 bits per heavy atom. The van der Waals surface area contributed by atoms with E-state index in [0.29, 0.717) is 0 Å². The highest BCUT2D eigenvalue weighted by Crippen LogP contribution is 2.49. The number of rotatable bonds is 1. The summed E-state index contributed by atoms with van der Waals surface area (Å²) in [4.78, 5) is 4.71. The molecule has 1 aliphatic rings. The maximum atomic E-state index is 4.71. The quantitative estimate of drug-likeness (QED) is 0.423. The molecule has 0 atom stereocenters. The van der Waals surface area contributed by atoms with Gasteiger partial charge in [-0.15, -0.1) is 0 Å². The van der Waals surface area contributed by atoms with Gasteiger partial charge in [0.1, 0.15) is 7.05 Å². The minimum atomic E-state index is -0.0796. The van der Waals surface area contributed by atoms with Crippen molar-refractivity contribution in [1.29, 1.82) is 0 Å². The summed E-state index contributed by atoms with van der Waals surface area (Å²) in [5.74, 6) is 0. The number of aromatic nitrogens is 2. The Morgan fingerprint density at radius 1 is 0.852 bits per heavy atom. The van der Waals surface area contributed by atoms with Crippen LogP contribution in [0.3, 0.4) is 0 Å². The molecule has 2 heteroatoms. The largest absolute Gasteiger partial charge is 0.260 e. The predicted octanol–water partition coefficient (Wildman–Crippen LogP) is 5.34. The van der Waals surface area contributed by atoms with E-state index in [1.807, 2.05) is 12.3 Å². The highest BCUT2D eigenvalue weighted by atomic mass is 14.9. The molecule has 0 aliphatic heterocycles. The highest BCUT2D eigenvalue weighted by Gasteiger charge is 2.37. The molecule has 0 saturated heterocycles. The smallest absolute Gasteiger partial charge is 0.213 e. The first-order valence-corrected chi connectivity index (χ1v) is 9.47. The molecule has 0 spiro atoms. The third kappa shape index (κ3) is 2.19. The van der Waals surface area contributed by atoms with Gasteiger partial charge in [-0.25, -0.2) is 0 Å². The van der Waals surface area contributed by atoms with Crippen molar-refractivity contribution in [2.75, 3.05) is 0 Å². The van der Waals surface area contributed by atoms with E-state index in [1.165, 1.54) is 50.1 Å². The lowest BCUT2D eigenvalue weighted by Crippen LogP contribution is -2.32. The molecule has 2 aromatic carbocycles. The molecule has 132 valence electrons. The van der Waals surface area contributed by atoms with Crippen molar-refractivity contribution in [1.82, 2.24) is 4.98 Å². The number of aryl methyl sites for hydroxylation is 2. The van der Waals surface area contributed by atoms with Crippen LogP contribution in [0, 0.1) is 6.92 Å². The maximum Gasteiger partial charge on any atom is 0.213 e. The lowest BCUT2D eigenvalue weighted by molar-refractivity contribution is -0.633. The van der Waals surface area contributed by atoms with Crippen molar-refractivity contribution in [2.45, 2.75) is 26.2 Å². The van der Waals surface area contributed by atoms with Gasteiger partial charge in [0.2, 0.25) is 11.2 Å². The van der Waals surface area contributed by atoms with Crippen LogP contribution in [0.15, 0.2) is 66.9 Å². The molecular formula is C25H23N2+. The summed E-state index contributed by atoms with van der Waals surface area (Å²) in [6.07, 6.45) is 1.91. The van der Waals surface area contributed by atoms with Crippen LogP contribution in [0.1, 0.15) is 30.7 Å². The number of nitrogens with zero attached hydrogens (tertiary/aromatic N) is 2. The number of benzene rings is 2. The molecule has 4 aromatic rings. The Kier molecular flexibility index (Phi) is 3.30. The molecule has 5 rings (SSSR count). The minimum absolute atomic E-state index is 0.0796. The predicted molar refractivity (Wildman–Crippen MR) is 111 cm³/mol. The number of pyridine rings is 2. The maximum absolute atomic E-state index is 4.71. The van der Waals surface area contributed by atoms with E-state index < -0.39 is 0 Å². The molecule has 27 heavy (non-hydrogen) atoms. The zero-order chi connectivity index (χ0) is 18.8. The van der Waals surface area contributed by atoms with E-state index >= 15 is 0 Å². The molecule has 0 fully saturated rings. The van der Waals surface area contributed by atoms with Crippen molar-refractivity contribution < 1.29 is 4.57 Å². The number of para-hydroxylation sites is 1. The third-order valence-corrected chi connectivity index (χ3v) is 6.08. The van der Waals surface area contributed by atoms with Crippen LogP contribution >= 0.6 is 0 Å². The second-order valence-electron chi connectivity index (χ2n) is 8.07. The molecule has 0 amide bonds. The van der Waals surface area contributed by atoms with E-state index in [-0.39, 0.29) is 5.41 Å². The Hall–Kier alpha value is -3.00. The zero-order valence-electron chi connectivity index (χ0n) is 16.2. The first kappa shape index (κ1) is 16.2. The molecule has 2 nitrogen and oxygen atoms in total. The lowest BCUT2D eigenvalue weighted by atomic mass is 9.83. The molecule has 2 heterocycles. The Morgan fingerprint density at radius 3 is 2.52 bits per heavy atom. The summed E-state index contributed by atoms with van der Waals surface area (Å²) in [5.41, 5.74) is 10.2. The topological polar surface area (TPSA) is 16.8 Å². The summed E-state index contributed by atoms with van der Waals surface area (Å²) in [5, 5.41) is 1.26. The van der Waals surface area contributed by atoms with E-state index in [4.69, 9.17) is 4.98 Å². The van der Waals surface area contributed by atoms with E-state index in [1.54, 1.807) is 0 Å². The van der Waals surface area contributed by atoms with Gasteiger partial charge >= 0.3 is 0 Å². The van der Waals surface area contributed by atoms with Crippen LogP contribution in [0.25, 0.3) is 33.3 Å². The van der Waals surface area contributed by atoms with Crippen molar-refractivity contribution in [3.8, 4) is 22.4 Å². The van der Waals surface area contributed by atoms with Crippen LogP contribution in [0.5, 0.6) is 0 Å². The monoisotopic (exact) mass is 351 g/mol. The number of hydrogen-bond acceptors (Lipinski definition) is 1. The van der Waals surface area contributed by atoms with Crippen molar-refractivity contribution in [2.24, 2.45) is 7.05 Å². The summed E-state index contributed by atoms with van der Waals surface area (Å²) in [6, 6.07) is 22.0. The average Bonchev–Trinajstić information content (AvgIpc) is 2.89. The van der Waals surface area contributed by atoms with Crippen LogP contribution in [-0.4, -0.2) is 4.98 Å². The Balaban J connectivity index is 1.78. The first-order chi connectivity index (χ1) is 13.0. The van der Waals surface area contributed by atoms with Gasteiger partial charge in [0.25, 0.3) is 0 Å². The summed E-state index contributed by atoms with van der Waals surface area (Å²) in [7, 11) is 2.16. The molecular weight excluding hydrogens is 328 g/mol. The van der Waals surface area contributed by atoms with Gasteiger partial charge in [0.05, 0.1) is 5.69 Å². The number of fused-ring (bicyclic) bond motifs is 4. The fourth-order valence-electron chi connectivity index (χ4n) is 4.59. The average molecular weight is 351 g/mol. The molecule has 1 aliphatic carbocycles. The van der Waals surface area contributed by atoms with Crippen LogP contribution in [-0.2, 0) is 12.5 Å². The highest BCUT2D eigenvalue weighted by molar-refractivity contribution is 5.84. The molecule has 0 N–H and O–H groups in total. The second kappa shape index (κ2) is 5.50. The van der Waals surface area contributed by atoms with Gasteiger partial charge in [-0.1, -0.05) is 38.1 Å². The number of hydrogen-bond donors (Lipinski definition) is 0. The normalized spacial score (nSPS) is 14.2. The third-order valence-electron chi connectivity index (χ3n) is 6.08. The molecule has 0 saturated carbocycles. The Bertz CT molecular complexity index is 1220.